The fourth-order valence-electron chi connectivity index (χ4n) is 0.846. The fourth-order valence-corrected chi connectivity index (χ4v) is 1.36. The van der Waals surface area contributed by atoms with Crippen molar-refractivity contribution in [2.45, 2.75) is 13.3 Å². The van der Waals surface area contributed by atoms with Crippen molar-refractivity contribution in [1.82, 2.24) is 0 Å². The molecular formula is C8H8Cl3N. The molecule has 1 rings (SSSR count). The van der Waals surface area contributed by atoms with E-state index in [2.05, 4.69) is 4.99 Å². The van der Waals surface area contributed by atoms with Gasteiger partial charge in [-0.25, -0.2) is 4.99 Å². The second-order valence-electron chi connectivity index (χ2n) is 2.62. The van der Waals surface area contributed by atoms with Gasteiger partial charge in [-0.05, 0) is 18.4 Å². The van der Waals surface area contributed by atoms with Crippen LogP contribution in [0.3, 0.4) is 0 Å². The molecule has 66 valence electrons. The second-order valence-corrected chi connectivity index (χ2v) is 3.82. The summed E-state index contributed by atoms with van der Waals surface area (Å²) < 4.78 is 0. The van der Waals surface area contributed by atoms with E-state index in [-0.39, 0.29) is 5.92 Å². The Balaban J connectivity index is 2.97. The number of nitrogens with zero attached hydrogens (tertiary/aromatic N) is 1. The molecule has 1 heterocycles. The molecule has 0 bridgehead atoms. The zero-order chi connectivity index (χ0) is 9.14. The standard InChI is InChI=1S/C8H8Cl3N/c1-5-2-3-7(10)12-4-6(9)8(5)11/h3-5H,2H2,1H3/b7-3+,8-6-,12-4-. The highest BCUT2D eigenvalue weighted by Gasteiger charge is 2.10. The summed E-state index contributed by atoms with van der Waals surface area (Å²) in [5.74, 6) is 0.208. The zero-order valence-electron chi connectivity index (χ0n) is 6.52. The smallest absolute Gasteiger partial charge is 0.125 e. The van der Waals surface area contributed by atoms with Crippen LogP contribution in [-0.2, 0) is 0 Å². The third kappa shape index (κ3) is 2.51. The maximum atomic E-state index is 5.93. The molecule has 12 heavy (non-hydrogen) atoms. The molecule has 0 aliphatic carbocycles. The monoisotopic (exact) mass is 223 g/mol. The van der Waals surface area contributed by atoms with Crippen molar-refractivity contribution in [2.75, 3.05) is 0 Å². The van der Waals surface area contributed by atoms with E-state index in [1.54, 1.807) is 0 Å². The largest absolute Gasteiger partial charge is 0.243 e. The molecule has 4 heteroatoms. The summed E-state index contributed by atoms with van der Waals surface area (Å²) in [4.78, 5) is 3.88. The number of halogens is 3. The molecule has 0 spiro atoms. The molecule has 1 aliphatic rings. The number of hydrogen-bond acceptors (Lipinski definition) is 1. The minimum absolute atomic E-state index is 0.208. The molecule has 1 nitrogen and oxygen atoms in total. The van der Waals surface area contributed by atoms with Crippen LogP contribution in [0.4, 0.5) is 0 Å². The van der Waals surface area contributed by atoms with E-state index in [0.717, 1.165) is 6.42 Å². The second kappa shape index (κ2) is 4.31. The molecule has 0 fully saturated rings. The van der Waals surface area contributed by atoms with E-state index in [9.17, 15) is 0 Å². The molecule has 0 aromatic carbocycles. The summed E-state index contributed by atoms with van der Waals surface area (Å²) in [6.07, 6.45) is 4.07. The Morgan fingerprint density at radius 3 is 2.75 bits per heavy atom. The van der Waals surface area contributed by atoms with Gasteiger partial charge in [0.05, 0.1) is 5.03 Å². The normalized spacial score (nSPS) is 38.0. The molecule has 1 aliphatic heterocycles. The van der Waals surface area contributed by atoms with Gasteiger partial charge >= 0.3 is 0 Å². The molecule has 0 saturated heterocycles. The fraction of sp³-hybridized carbons (Fsp3) is 0.375. The summed E-state index contributed by atoms with van der Waals surface area (Å²) in [5.41, 5.74) is 0. The van der Waals surface area contributed by atoms with Gasteiger partial charge in [0.25, 0.3) is 0 Å². The zero-order valence-corrected chi connectivity index (χ0v) is 8.79. The SMILES string of the molecule is CC1C/C=C(Cl)/N=C\C(Cl)=C/1Cl. The topological polar surface area (TPSA) is 12.4 Å². The Kier molecular flexibility index (Phi) is 3.63. The van der Waals surface area contributed by atoms with Crippen LogP contribution in [-0.4, -0.2) is 6.21 Å². The maximum absolute atomic E-state index is 5.93. The highest BCUT2D eigenvalue weighted by molar-refractivity contribution is 6.46. The minimum Gasteiger partial charge on any atom is -0.243 e. The first-order chi connectivity index (χ1) is 5.61. The Bertz CT molecular complexity index is 265. The van der Waals surface area contributed by atoms with Crippen molar-refractivity contribution < 1.29 is 0 Å². The first-order valence-electron chi connectivity index (χ1n) is 3.56. The van der Waals surface area contributed by atoms with Gasteiger partial charge in [-0.3, -0.25) is 0 Å². The van der Waals surface area contributed by atoms with Crippen molar-refractivity contribution >= 4 is 41.0 Å². The van der Waals surface area contributed by atoms with Crippen molar-refractivity contribution in [1.29, 1.82) is 0 Å². The Hall–Kier alpha value is 0.0200. The number of allylic oxidation sites excluding steroid dienone is 3. The Labute approximate surface area is 86.7 Å². The predicted octanol–water partition coefficient (Wildman–Crippen LogP) is 3.87. The van der Waals surface area contributed by atoms with Crippen LogP contribution in [0, 0.1) is 5.92 Å². The van der Waals surface area contributed by atoms with Crippen molar-refractivity contribution in [3.8, 4) is 0 Å². The van der Waals surface area contributed by atoms with E-state index >= 15 is 0 Å². The van der Waals surface area contributed by atoms with Gasteiger partial charge in [-0.1, -0.05) is 41.7 Å². The Morgan fingerprint density at radius 1 is 1.42 bits per heavy atom. The summed E-state index contributed by atoms with van der Waals surface area (Å²) in [7, 11) is 0. The molecule has 0 amide bonds. The number of aliphatic imine (C=N–C) groups is 1. The third-order valence-corrected chi connectivity index (χ3v) is 2.83. The quantitative estimate of drug-likeness (QED) is 0.554. The molecule has 0 aromatic rings. The van der Waals surface area contributed by atoms with E-state index in [4.69, 9.17) is 34.8 Å². The van der Waals surface area contributed by atoms with Crippen LogP contribution >= 0.6 is 34.8 Å². The summed E-state index contributed by atoms with van der Waals surface area (Å²) in [6, 6.07) is 0. The lowest BCUT2D eigenvalue weighted by Crippen LogP contribution is -1.97. The summed E-state index contributed by atoms with van der Waals surface area (Å²) >= 11 is 17.5. The van der Waals surface area contributed by atoms with E-state index in [0.29, 0.717) is 15.2 Å². The van der Waals surface area contributed by atoms with Crippen LogP contribution in [0.5, 0.6) is 0 Å². The molecule has 0 N–H and O–H groups in total. The lowest BCUT2D eigenvalue weighted by molar-refractivity contribution is 0.726. The van der Waals surface area contributed by atoms with Gasteiger partial charge < -0.3 is 0 Å². The lowest BCUT2D eigenvalue weighted by Gasteiger charge is -2.10. The molecule has 1 unspecified atom stereocenters. The summed E-state index contributed by atoms with van der Waals surface area (Å²) in [6.45, 7) is 1.99. The molecule has 0 aromatic heterocycles. The first-order valence-corrected chi connectivity index (χ1v) is 4.69. The third-order valence-electron chi connectivity index (χ3n) is 1.60. The van der Waals surface area contributed by atoms with E-state index < -0.39 is 0 Å². The van der Waals surface area contributed by atoms with Crippen molar-refractivity contribution in [3.05, 3.63) is 21.3 Å². The first kappa shape index (κ1) is 10.1. The van der Waals surface area contributed by atoms with Gasteiger partial charge in [0.1, 0.15) is 5.16 Å². The van der Waals surface area contributed by atoms with Crippen LogP contribution in [0.2, 0.25) is 0 Å². The number of hydrogen-bond donors (Lipinski definition) is 0. The van der Waals surface area contributed by atoms with E-state index in [1.807, 2.05) is 13.0 Å². The lowest BCUT2D eigenvalue weighted by atomic mass is 10.1. The van der Waals surface area contributed by atoms with Crippen LogP contribution < -0.4 is 0 Å². The average Bonchev–Trinajstić information content (AvgIpc) is 2.07. The Morgan fingerprint density at radius 2 is 2.08 bits per heavy atom. The van der Waals surface area contributed by atoms with Gasteiger partial charge in [0.15, 0.2) is 0 Å². The van der Waals surface area contributed by atoms with Crippen LogP contribution in [0.1, 0.15) is 13.3 Å². The van der Waals surface area contributed by atoms with Gasteiger partial charge in [-0.2, -0.15) is 0 Å². The van der Waals surface area contributed by atoms with Crippen molar-refractivity contribution in [3.63, 3.8) is 0 Å². The molecule has 0 radical (unpaired) electrons. The summed E-state index contributed by atoms with van der Waals surface area (Å²) in [5, 5.41) is 1.57. The van der Waals surface area contributed by atoms with Crippen LogP contribution in [0.25, 0.3) is 0 Å². The number of rotatable bonds is 0. The highest BCUT2D eigenvalue weighted by Crippen LogP contribution is 2.27. The van der Waals surface area contributed by atoms with Crippen molar-refractivity contribution in [2.24, 2.45) is 10.9 Å². The average molecular weight is 225 g/mol. The van der Waals surface area contributed by atoms with Gasteiger partial charge in [-0.15, -0.1) is 0 Å². The molecular weight excluding hydrogens is 216 g/mol. The van der Waals surface area contributed by atoms with Gasteiger partial charge in [0, 0.05) is 11.2 Å². The highest BCUT2D eigenvalue weighted by atomic mass is 35.5. The predicted molar refractivity (Wildman–Crippen MR) is 54.9 cm³/mol. The maximum Gasteiger partial charge on any atom is 0.125 e. The van der Waals surface area contributed by atoms with Crippen LogP contribution in [0.15, 0.2) is 26.3 Å². The van der Waals surface area contributed by atoms with E-state index in [1.165, 1.54) is 6.21 Å². The minimum atomic E-state index is 0.208. The molecule has 1 atom stereocenters. The van der Waals surface area contributed by atoms with Gasteiger partial charge in [0.2, 0.25) is 0 Å². The molecule has 0 saturated carbocycles.